The Labute approximate surface area is 166 Å². The van der Waals surface area contributed by atoms with Crippen LogP contribution in [-0.4, -0.2) is 11.8 Å². The zero-order valence-corrected chi connectivity index (χ0v) is 16.1. The number of halogens is 5. The highest BCUT2D eigenvalue weighted by molar-refractivity contribution is 7.17. The topological polar surface area (TPSA) is 72.2 Å². The van der Waals surface area contributed by atoms with Crippen molar-refractivity contribution in [1.29, 1.82) is 0 Å². The second kappa shape index (κ2) is 8.10. The zero-order chi connectivity index (χ0) is 21.5. The summed E-state index contributed by atoms with van der Waals surface area (Å²) in [7, 11) is 0. The first-order valence-corrected chi connectivity index (χ1v) is 9.76. The molecule has 0 saturated carbocycles. The highest BCUT2D eigenvalue weighted by Crippen LogP contribution is 2.41. The third-order valence-electron chi connectivity index (χ3n) is 4.97. The lowest BCUT2D eigenvalue weighted by molar-refractivity contribution is 0.1000. The summed E-state index contributed by atoms with van der Waals surface area (Å²) in [5.74, 6) is -13.3. The van der Waals surface area contributed by atoms with Gasteiger partial charge in [0.2, 0.25) is 5.82 Å². The van der Waals surface area contributed by atoms with E-state index in [1.54, 1.807) is 0 Å². The molecule has 1 aromatic carbocycles. The molecule has 0 radical (unpaired) electrons. The van der Waals surface area contributed by atoms with Gasteiger partial charge in [0.25, 0.3) is 11.8 Å². The van der Waals surface area contributed by atoms with Crippen molar-refractivity contribution in [2.24, 2.45) is 11.7 Å². The van der Waals surface area contributed by atoms with Gasteiger partial charge in [0.05, 0.1) is 5.56 Å². The number of fused-ring (bicyclic) bond motifs is 1. The van der Waals surface area contributed by atoms with E-state index >= 15 is 0 Å². The van der Waals surface area contributed by atoms with Crippen LogP contribution in [0.5, 0.6) is 0 Å². The number of carbonyl (C=O) groups is 2. The maximum Gasteiger partial charge on any atom is 0.262 e. The van der Waals surface area contributed by atoms with Crippen LogP contribution in [0, 0.1) is 35.0 Å². The van der Waals surface area contributed by atoms with Gasteiger partial charge in [-0.1, -0.05) is 19.8 Å². The summed E-state index contributed by atoms with van der Waals surface area (Å²) in [6, 6.07) is 0. The zero-order valence-electron chi connectivity index (χ0n) is 15.3. The summed E-state index contributed by atoms with van der Waals surface area (Å²) in [5.41, 5.74) is 4.47. The standard InChI is InChI=1S/C19H17F5N2O2S/c1-2-3-7-4-5-8-9(6-7)29-19(10(8)17(25)27)26-18(28)11-12(20)14(22)16(24)15(23)13(11)21/h7H,2-6H2,1H3,(H2,25,27)(H,26,28). The molecule has 3 N–H and O–H groups in total. The van der Waals surface area contributed by atoms with Gasteiger partial charge in [-0.2, -0.15) is 0 Å². The molecule has 1 aliphatic rings. The van der Waals surface area contributed by atoms with E-state index in [0.717, 1.165) is 35.5 Å². The van der Waals surface area contributed by atoms with Gasteiger partial charge in [-0.05, 0) is 30.7 Å². The molecule has 4 nitrogen and oxygen atoms in total. The summed E-state index contributed by atoms with van der Waals surface area (Å²) in [6.45, 7) is 2.05. The van der Waals surface area contributed by atoms with Crippen LogP contribution < -0.4 is 11.1 Å². The smallest absolute Gasteiger partial charge is 0.262 e. The minimum atomic E-state index is -2.36. The molecule has 3 rings (SSSR count). The first-order valence-electron chi connectivity index (χ1n) is 8.94. The number of thiophene rings is 1. The third kappa shape index (κ3) is 3.73. The van der Waals surface area contributed by atoms with Crippen molar-refractivity contribution < 1.29 is 31.5 Å². The van der Waals surface area contributed by atoms with Crippen molar-refractivity contribution in [2.75, 3.05) is 5.32 Å². The summed E-state index contributed by atoms with van der Waals surface area (Å²) < 4.78 is 67.8. The number of primary amides is 1. The summed E-state index contributed by atoms with van der Waals surface area (Å²) in [5, 5.41) is 2.05. The predicted molar refractivity (Wildman–Crippen MR) is 97.4 cm³/mol. The normalized spacial score (nSPS) is 15.9. The SMILES string of the molecule is CCCC1CCc2c(sc(NC(=O)c3c(F)c(F)c(F)c(F)c3F)c2C(N)=O)C1. The Bertz CT molecular complexity index is 976. The lowest BCUT2D eigenvalue weighted by atomic mass is 9.84. The molecule has 1 unspecified atom stereocenters. The van der Waals surface area contributed by atoms with E-state index in [9.17, 15) is 31.5 Å². The summed E-state index contributed by atoms with van der Waals surface area (Å²) in [4.78, 5) is 25.1. The van der Waals surface area contributed by atoms with Crippen molar-refractivity contribution >= 4 is 28.2 Å². The highest BCUT2D eigenvalue weighted by atomic mass is 32.1. The quantitative estimate of drug-likeness (QED) is 0.408. The fourth-order valence-electron chi connectivity index (χ4n) is 3.63. The largest absolute Gasteiger partial charge is 0.365 e. The van der Waals surface area contributed by atoms with Crippen molar-refractivity contribution in [2.45, 2.75) is 39.0 Å². The van der Waals surface area contributed by atoms with Gasteiger partial charge in [-0.25, -0.2) is 22.0 Å². The Balaban J connectivity index is 2.00. The first-order chi connectivity index (χ1) is 13.7. The van der Waals surface area contributed by atoms with Crippen molar-refractivity contribution in [1.82, 2.24) is 0 Å². The average Bonchev–Trinajstić information content (AvgIpc) is 3.02. The van der Waals surface area contributed by atoms with Crippen LogP contribution in [0.1, 0.15) is 57.3 Å². The molecule has 2 amide bonds. The average molecular weight is 432 g/mol. The Morgan fingerprint density at radius 1 is 1.03 bits per heavy atom. The predicted octanol–water partition coefficient (Wildman–Crippen LogP) is 4.70. The van der Waals surface area contributed by atoms with Crippen molar-refractivity contribution in [3.63, 3.8) is 0 Å². The number of nitrogens with one attached hydrogen (secondary N) is 1. The van der Waals surface area contributed by atoms with E-state index in [1.165, 1.54) is 0 Å². The van der Waals surface area contributed by atoms with Crippen LogP contribution in [0.15, 0.2) is 0 Å². The molecule has 0 bridgehead atoms. The number of carbonyl (C=O) groups excluding carboxylic acids is 2. The van der Waals surface area contributed by atoms with Crippen molar-refractivity contribution in [3.8, 4) is 0 Å². The molecule has 10 heteroatoms. The molecule has 2 aromatic rings. The molecule has 1 heterocycles. The van der Waals surface area contributed by atoms with E-state index in [1.807, 2.05) is 0 Å². The highest BCUT2D eigenvalue weighted by Gasteiger charge is 2.32. The molecule has 0 fully saturated rings. The lowest BCUT2D eigenvalue weighted by Gasteiger charge is -2.21. The second-order valence-corrected chi connectivity index (χ2v) is 7.97. The van der Waals surface area contributed by atoms with Crippen LogP contribution >= 0.6 is 11.3 Å². The molecular formula is C19H17F5N2O2S. The van der Waals surface area contributed by atoms with Gasteiger partial charge in [-0.15, -0.1) is 11.3 Å². The molecule has 29 heavy (non-hydrogen) atoms. The second-order valence-electron chi connectivity index (χ2n) is 6.87. The van der Waals surface area contributed by atoms with E-state index in [-0.39, 0.29) is 10.6 Å². The van der Waals surface area contributed by atoms with E-state index in [2.05, 4.69) is 12.2 Å². The Morgan fingerprint density at radius 2 is 1.62 bits per heavy atom. The van der Waals surface area contributed by atoms with E-state index < -0.39 is 46.5 Å². The molecule has 1 aromatic heterocycles. The number of rotatable bonds is 5. The Morgan fingerprint density at radius 3 is 2.17 bits per heavy atom. The van der Waals surface area contributed by atoms with Crippen LogP contribution in [0.3, 0.4) is 0 Å². The van der Waals surface area contributed by atoms with Gasteiger partial charge in [0.1, 0.15) is 10.6 Å². The monoisotopic (exact) mass is 432 g/mol. The van der Waals surface area contributed by atoms with Gasteiger partial charge in [-0.3, -0.25) is 9.59 Å². The van der Waals surface area contributed by atoms with Crippen LogP contribution in [-0.2, 0) is 12.8 Å². The molecule has 156 valence electrons. The van der Waals surface area contributed by atoms with Gasteiger partial charge >= 0.3 is 0 Å². The molecule has 0 spiro atoms. The van der Waals surface area contributed by atoms with Crippen molar-refractivity contribution in [3.05, 3.63) is 50.7 Å². The molecule has 0 aliphatic heterocycles. The molecule has 1 aliphatic carbocycles. The fourth-order valence-corrected chi connectivity index (χ4v) is 4.99. The number of hydrogen-bond acceptors (Lipinski definition) is 3. The van der Waals surface area contributed by atoms with Crippen LogP contribution in [0.2, 0.25) is 0 Å². The number of nitrogens with two attached hydrogens (primary N) is 1. The summed E-state index contributed by atoms with van der Waals surface area (Å²) in [6.07, 6.45) is 4.00. The fraction of sp³-hybridized carbons (Fsp3) is 0.368. The van der Waals surface area contributed by atoms with E-state index in [0.29, 0.717) is 24.3 Å². The maximum absolute atomic E-state index is 13.9. The first kappa shape index (κ1) is 21.2. The van der Waals surface area contributed by atoms with Crippen LogP contribution in [0.25, 0.3) is 0 Å². The molecular weight excluding hydrogens is 415 g/mol. The lowest BCUT2D eigenvalue weighted by Crippen LogP contribution is -2.22. The van der Waals surface area contributed by atoms with Gasteiger partial charge in [0, 0.05) is 4.88 Å². The number of hydrogen-bond donors (Lipinski definition) is 2. The van der Waals surface area contributed by atoms with Gasteiger partial charge in [0.15, 0.2) is 23.3 Å². The number of amides is 2. The minimum absolute atomic E-state index is 0.0113. The van der Waals surface area contributed by atoms with E-state index in [4.69, 9.17) is 5.73 Å². The van der Waals surface area contributed by atoms with Gasteiger partial charge < -0.3 is 11.1 Å². The third-order valence-corrected chi connectivity index (χ3v) is 6.14. The number of benzene rings is 1. The number of anilines is 1. The Kier molecular flexibility index (Phi) is 5.92. The Hall–Kier alpha value is -2.49. The maximum atomic E-state index is 13.9. The minimum Gasteiger partial charge on any atom is -0.365 e. The van der Waals surface area contributed by atoms with Crippen LogP contribution in [0.4, 0.5) is 27.0 Å². The molecule has 1 atom stereocenters. The summed E-state index contributed by atoms with van der Waals surface area (Å²) >= 11 is 1.03. The molecule has 0 saturated heterocycles.